The zero-order valence-corrected chi connectivity index (χ0v) is 14.9. The van der Waals surface area contributed by atoms with Gasteiger partial charge < -0.3 is 9.73 Å². The molecule has 0 aliphatic carbocycles. The molecule has 1 aliphatic heterocycles. The number of amides is 3. The SMILES string of the molecule is O=C(NCCN1C(=O)S/C(=C\c2ccc(F)cc2)C1=O)c1ccc([N+](=O)[O-])o1. The maximum atomic E-state index is 12.9. The number of thioether (sulfide) groups is 1. The Hall–Kier alpha value is -3.47. The first-order valence-electron chi connectivity index (χ1n) is 7.88. The molecule has 3 rings (SSSR count). The molecule has 1 N–H and O–H groups in total. The van der Waals surface area contributed by atoms with Crippen LogP contribution < -0.4 is 5.32 Å². The molecule has 0 spiro atoms. The summed E-state index contributed by atoms with van der Waals surface area (Å²) in [4.78, 5) is 47.2. The molecule has 2 heterocycles. The summed E-state index contributed by atoms with van der Waals surface area (Å²) < 4.78 is 17.7. The van der Waals surface area contributed by atoms with Gasteiger partial charge in [-0.1, -0.05) is 12.1 Å². The summed E-state index contributed by atoms with van der Waals surface area (Å²) in [5, 5.41) is 12.5. The van der Waals surface area contributed by atoms with E-state index in [1.165, 1.54) is 30.3 Å². The number of halogens is 1. The van der Waals surface area contributed by atoms with E-state index in [0.29, 0.717) is 5.56 Å². The van der Waals surface area contributed by atoms with Gasteiger partial charge in [0, 0.05) is 13.1 Å². The van der Waals surface area contributed by atoms with E-state index in [0.717, 1.165) is 28.8 Å². The van der Waals surface area contributed by atoms with Crippen LogP contribution in [0.25, 0.3) is 6.08 Å². The fourth-order valence-corrected chi connectivity index (χ4v) is 3.18. The van der Waals surface area contributed by atoms with Crippen molar-refractivity contribution >= 4 is 40.8 Å². The van der Waals surface area contributed by atoms with Crippen molar-refractivity contribution in [1.29, 1.82) is 0 Å². The number of nitrogens with zero attached hydrogens (tertiary/aromatic N) is 2. The number of carbonyl (C=O) groups excluding carboxylic acids is 3. The van der Waals surface area contributed by atoms with E-state index < -0.39 is 33.7 Å². The third kappa shape index (κ3) is 4.26. The number of carbonyl (C=O) groups is 3. The standard InChI is InChI=1S/C17H12FN3O6S/c18-11-3-1-10(2-4-11)9-13-16(23)20(17(24)28-13)8-7-19-15(22)12-5-6-14(27-12)21(25)26/h1-6,9H,7-8H2,(H,19,22)/b13-9-. The lowest BCUT2D eigenvalue weighted by atomic mass is 10.2. The predicted octanol–water partition coefficient (Wildman–Crippen LogP) is 2.79. The van der Waals surface area contributed by atoms with E-state index in [1.807, 2.05) is 0 Å². The average molecular weight is 405 g/mol. The molecule has 0 bridgehead atoms. The lowest BCUT2D eigenvalue weighted by Crippen LogP contribution is -2.37. The molecule has 3 amide bonds. The maximum absolute atomic E-state index is 12.9. The number of benzene rings is 1. The summed E-state index contributed by atoms with van der Waals surface area (Å²) in [6.45, 7) is -0.144. The molecule has 1 aromatic carbocycles. The highest BCUT2D eigenvalue weighted by Gasteiger charge is 2.34. The quantitative estimate of drug-likeness (QED) is 0.445. The lowest BCUT2D eigenvalue weighted by Gasteiger charge is -2.12. The summed E-state index contributed by atoms with van der Waals surface area (Å²) in [7, 11) is 0. The van der Waals surface area contributed by atoms with Crippen LogP contribution in [0.1, 0.15) is 16.1 Å². The molecular formula is C17H12FN3O6S. The molecule has 1 saturated heterocycles. The lowest BCUT2D eigenvalue weighted by molar-refractivity contribution is -0.402. The first-order chi connectivity index (χ1) is 13.3. The summed E-state index contributed by atoms with van der Waals surface area (Å²) in [5.74, 6) is -2.47. The van der Waals surface area contributed by atoms with Crippen molar-refractivity contribution in [3.8, 4) is 0 Å². The molecule has 1 fully saturated rings. The van der Waals surface area contributed by atoms with Crippen molar-refractivity contribution in [2.75, 3.05) is 13.1 Å². The number of nitrogens with one attached hydrogen (secondary N) is 1. The van der Waals surface area contributed by atoms with Gasteiger partial charge in [0.1, 0.15) is 10.7 Å². The van der Waals surface area contributed by atoms with Gasteiger partial charge in [0.25, 0.3) is 17.1 Å². The highest BCUT2D eigenvalue weighted by atomic mass is 32.2. The molecule has 2 aromatic rings. The van der Waals surface area contributed by atoms with Crippen LogP contribution in [0.2, 0.25) is 0 Å². The fraction of sp³-hybridized carbons (Fsp3) is 0.118. The summed E-state index contributed by atoms with van der Waals surface area (Å²) in [6, 6.07) is 7.64. The minimum atomic E-state index is -0.773. The Kier molecular flexibility index (Phi) is 5.54. The van der Waals surface area contributed by atoms with Gasteiger partial charge in [0.05, 0.1) is 11.0 Å². The van der Waals surface area contributed by atoms with Crippen LogP contribution in [-0.2, 0) is 4.79 Å². The first kappa shape index (κ1) is 19.3. The highest BCUT2D eigenvalue weighted by molar-refractivity contribution is 8.18. The zero-order valence-electron chi connectivity index (χ0n) is 14.1. The molecule has 0 radical (unpaired) electrons. The highest BCUT2D eigenvalue weighted by Crippen LogP contribution is 2.31. The van der Waals surface area contributed by atoms with Gasteiger partial charge in [0.15, 0.2) is 5.76 Å². The van der Waals surface area contributed by atoms with Gasteiger partial charge >= 0.3 is 5.88 Å². The Labute approximate surface area is 161 Å². The molecular weight excluding hydrogens is 393 g/mol. The predicted molar refractivity (Wildman–Crippen MR) is 96.8 cm³/mol. The molecule has 1 aliphatic rings. The van der Waals surface area contributed by atoms with Crippen LogP contribution in [0.5, 0.6) is 0 Å². The zero-order chi connectivity index (χ0) is 20.3. The summed E-state index contributed by atoms with van der Waals surface area (Å²) >= 11 is 0.741. The summed E-state index contributed by atoms with van der Waals surface area (Å²) in [5.41, 5.74) is 0.569. The summed E-state index contributed by atoms with van der Waals surface area (Å²) in [6.07, 6.45) is 1.48. The van der Waals surface area contributed by atoms with Crippen LogP contribution in [0.3, 0.4) is 0 Å². The molecule has 0 atom stereocenters. The van der Waals surface area contributed by atoms with Crippen LogP contribution in [0.15, 0.2) is 45.7 Å². The largest absolute Gasteiger partial charge is 0.433 e. The molecule has 9 nitrogen and oxygen atoms in total. The Balaban J connectivity index is 1.57. The minimum absolute atomic E-state index is 0.0603. The topological polar surface area (TPSA) is 123 Å². The third-order valence-corrected chi connectivity index (χ3v) is 4.57. The van der Waals surface area contributed by atoms with E-state index in [4.69, 9.17) is 4.42 Å². The average Bonchev–Trinajstić information content (AvgIpc) is 3.25. The maximum Gasteiger partial charge on any atom is 0.433 e. The molecule has 11 heteroatoms. The Bertz CT molecular complexity index is 985. The van der Waals surface area contributed by atoms with E-state index in [-0.39, 0.29) is 23.8 Å². The van der Waals surface area contributed by atoms with Gasteiger partial charge in [-0.2, -0.15) is 0 Å². The normalized spacial score (nSPS) is 15.3. The van der Waals surface area contributed by atoms with Gasteiger partial charge in [-0.25, -0.2) is 4.39 Å². The molecule has 0 unspecified atom stereocenters. The molecule has 1 aromatic heterocycles. The Morgan fingerprint density at radius 1 is 1.25 bits per heavy atom. The second-order valence-corrected chi connectivity index (χ2v) is 6.53. The van der Waals surface area contributed by atoms with E-state index >= 15 is 0 Å². The number of furan rings is 1. The number of hydrogen-bond donors (Lipinski definition) is 1. The number of nitro groups is 1. The second-order valence-electron chi connectivity index (χ2n) is 5.54. The molecule has 28 heavy (non-hydrogen) atoms. The van der Waals surface area contributed by atoms with E-state index in [1.54, 1.807) is 0 Å². The fourth-order valence-electron chi connectivity index (χ4n) is 2.32. The van der Waals surface area contributed by atoms with Crippen molar-refractivity contribution in [3.05, 3.63) is 68.6 Å². The van der Waals surface area contributed by atoms with Crippen molar-refractivity contribution in [2.45, 2.75) is 0 Å². The van der Waals surface area contributed by atoms with Gasteiger partial charge in [-0.05, 0) is 41.6 Å². The number of rotatable bonds is 6. The van der Waals surface area contributed by atoms with Crippen molar-refractivity contribution in [2.24, 2.45) is 0 Å². The number of imide groups is 1. The first-order valence-corrected chi connectivity index (χ1v) is 8.70. The van der Waals surface area contributed by atoms with Crippen molar-refractivity contribution in [1.82, 2.24) is 10.2 Å². The second kappa shape index (κ2) is 8.05. The Morgan fingerprint density at radius 3 is 2.61 bits per heavy atom. The van der Waals surface area contributed by atoms with Crippen LogP contribution >= 0.6 is 11.8 Å². The van der Waals surface area contributed by atoms with Crippen LogP contribution in [0, 0.1) is 15.9 Å². The van der Waals surface area contributed by atoms with Crippen molar-refractivity contribution in [3.63, 3.8) is 0 Å². The Morgan fingerprint density at radius 2 is 1.96 bits per heavy atom. The van der Waals surface area contributed by atoms with Crippen LogP contribution in [-0.4, -0.2) is 40.0 Å². The molecule has 0 saturated carbocycles. The van der Waals surface area contributed by atoms with Gasteiger partial charge in [-0.15, -0.1) is 0 Å². The van der Waals surface area contributed by atoms with Crippen LogP contribution in [0.4, 0.5) is 15.1 Å². The smallest absolute Gasteiger partial charge is 0.395 e. The van der Waals surface area contributed by atoms with Crippen molar-refractivity contribution < 1.29 is 28.1 Å². The molecule has 144 valence electrons. The van der Waals surface area contributed by atoms with Gasteiger partial charge in [-0.3, -0.25) is 29.4 Å². The minimum Gasteiger partial charge on any atom is -0.395 e. The monoisotopic (exact) mass is 405 g/mol. The van der Waals surface area contributed by atoms with E-state index in [9.17, 15) is 28.9 Å². The van der Waals surface area contributed by atoms with E-state index in [2.05, 4.69) is 5.32 Å². The number of hydrogen-bond acceptors (Lipinski definition) is 7. The van der Waals surface area contributed by atoms with Gasteiger partial charge in [0.2, 0.25) is 0 Å². The third-order valence-electron chi connectivity index (χ3n) is 3.66.